The number of ether oxygens (including phenoxy) is 1. The van der Waals surface area contributed by atoms with Gasteiger partial charge in [0, 0.05) is 74.1 Å². The number of anilines is 5. The van der Waals surface area contributed by atoms with Gasteiger partial charge in [-0.3, -0.25) is 29.0 Å². The van der Waals surface area contributed by atoms with Gasteiger partial charge in [-0.2, -0.15) is 4.98 Å². The number of aromatic nitrogens is 5. The van der Waals surface area contributed by atoms with Crippen molar-refractivity contribution in [1.29, 1.82) is 0 Å². The van der Waals surface area contributed by atoms with Crippen LogP contribution in [0, 0.1) is 25.1 Å². The Morgan fingerprint density at radius 2 is 1.79 bits per heavy atom. The number of nitrogens with one attached hydrogen (secondary N) is 3. The monoisotopic (exact) mass is 880 g/mol. The minimum Gasteiger partial charge on any atom is -0.494 e. The first-order chi connectivity index (χ1) is 29.5. The first kappa shape index (κ1) is 41.5. The van der Waals surface area contributed by atoms with E-state index in [0.29, 0.717) is 45.3 Å². The fourth-order valence-corrected chi connectivity index (χ4v) is 11.1. The highest BCUT2D eigenvalue weighted by atomic mass is 35.5. The van der Waals surface area contributed by atoms with E-state index in [1.807, 2.05) is 30.3 Å². The summed E-state index contributed by atoms with van der Waals surface area (Å²) in [4.78, 5) is 56.1. The summed E-state index contributed by atoms with van der Waals surface area (Å²) in [7, 11) is 0.414. The van der Waals surface area contributed by atoms with Gasteiger partial charge in [-0.25, -0.2) is 14.2 Å². The maximum atomic E-state index is 14.7. The van der Waals surface area contributed by atoms with Crippen LogP contribution in [0.4, 0.5) is 33.2 Å². The topological polar surface area (TPSA) is 169 Å². The summed E-state index contributed by atoms with van der Waals surface area (Å²) in [5.74, 6) is -0.0806. The zero-order valence-corrected chi connectivity index (χ0v) is 37.0. The van der Waals surface area contributed by atoms with Crippen molar-refractivity contribution in [3.63, 3.8) is 0 Å². The lowest BCUT2D eigenvalue weighted by molar-refractivity contribution is -0.135. The number of methoxy groups -OCH3 is 1. The van der Waals surface area contributed by atoms with Gasteiger partial charge < -0.3 is 29.7 Å². The normalized spacial score (nSPS) is 17.6. The molecule has 6 aromatic rings. The lowest BCUT2D eigenvalue weighted by atomic mass is 9.72. The van der Waals surface area contributed by atoms with E-state index < -0.39 is 24.9 Å². The first-order valence-corrected chi connectivity index (χ1v) is 23.4. The molecule has 15 nitrogen and oxygen atoms in total. The van der Waals surface area contributed by atoms with Crippen LogP contribution < -0.4 is 36.6 Å². The van der Waals surface area contributed by atoms with Crippen LogP contribution in [0.2, 0.25) is 5.02 Å². The maximum absolute atomic E-state index is 14.7. The van der Waals surface area contributed by atoms with E-state index in [-0.39, 0.29) is 45.9 Å². The molecule has 6 heterocycles. The number of benzene rings is 3. The number of hydrogen-bond acceptors (Lipinski definition) is 12. The maximum Gasteiger partial charge on any atom is 0.329 e. The number of carbonyl (C=O) groups is 2. The van der Waals surface area contributed by atoms with Crippen molar-refractivity contribution >= 4 is 86.6 Å². The molecule has 1 spiro atoms. The van der Waals surface area contributed by atoms with Gasteiger partial charge in [0.1, 0.15) is 29.8 Å². The first-order valence-electron chi connectivity index (χ1n) is 20.4. The van der Waals surface area contributed by atoms with Crippen LogP contribution in [0.15, 0.2) is 59.5 Å². The number of hydrogen-bond donors (Lipinski definition) is 3. The number of para-hydroxylation sites is 1. The SMILES string of the molecule is COc1cc(N2CC3(CN(CCc4cccc5c4n(C)c(=O)n5C4CCC(=O)NC4=O)C3)C2)c(C)cc1Nc1ncc(Cl)c(Nc2ccc3nc(C)c(F)cc3c2P(C)(C)=O)n1. The number of likely N-dealkylation sites (tertiary alicyclic amines) is 1. The molecule has 0 aliphatic carbocycles. The molecular weight excluding hydrogens is 834 g/mol. The molecule has 3 aromatic heterocycles. The molecule has 3 aliphatic heterocycles. The summed E-state index contributed by atoms with van der Waals surface area (Å²) in [6, 6.07) is 14.0. The van der Waals surface area contributed by atoms with Crippen LogP contribution in [0.1, 0.15) is 35.7 Å². The molecule has 3 aromatic carbocycles. The number of pyridine rings is 1. The largest absolute Gasteiger partial charge is 0.494 e. The van der Waals surface area contributed by atoms with Crippen LogP contribution in [-0.2, 0) is 27.6 Å². The van der Waals surface area contributed by atoms with Crippen molar-refractivity contribution in [1.82, 2.24) is 34.3 Å². The Morgan fingerprint density at radius 3 is 2.52 bits per heavy atom. The molecule has 0 saturated carbocycles. The number of nitrogens with zero attached hydrogens (tertiary/aromatic N) is 7. The van der Waals surface area contributed by atoms with Crippen molar-refractivity contribution in [2.75, 3.05) is 68.7 Å². The van der Waals surface area contributed by atoms with E-state index in [4.69, 9.17) is 16.3 Å². The van der Waals surface area contributed by atoms with E-state index in [2.05, 4.69) is 47.6 Å². The molecule has 9 rings (SSSR count). The van der Waals surface area contributed by atoms with Gasteiger partial charge in [0.2, 0.25) is 17.8 Å². The number of imidazole rings is 1. The number of aryl methyl sites for hydroxylation is 3. The van der Waals surface area contributed by atoms with Gasteiger partial charge in [-0.15, -0.1) is 0 Å². The second kappa shape index (κ2) is 15.5. The molecule has 18 heteroatoms. The summed E-state index contributed by atoms with van der Waals surface area (Å²) in [6.45, 7) is 11.5. The highest BCUT2D eigenvalue weighted by Gasteiger charge is 2.51. The standard InChI is InChI=1S/C44H47ClFN10O5P/c1-24-16-32(50-42-47-19-28(45)40(52-42)49-31-11-10-30-27(39(31)62(5,6)60)17-29(46)25(2)48-30)36(61-4)18-35(24)55-22-44(23-55)20-54(21-44)15-14-26-8-7-9-33-38(26)53(3)43(59)56(33)34-12-13-37(57)51-41(34)58/h7-11,16-19,34H,12-15,20-23H2,1-6H3,(H,51,57,58)(H2,47,49,50,52). The van der Waals surface area contributed by atoms with Gasteiger partial charge in [-0.05, 0) is 81.5 Å². The Labute approximate surface area is 362 Å². The fourth-order valence-electron chi connectivity index (χ4n) is 9.46. The van der Waals surface area contributed by atoms with E-state index in [1.54, 1.807) is 51.1 Å². The number of fused-ring (bicyclic) bond motifs is 2. The second-order valence-electron chi connectivity index (χ2n) is 17.2. The Balaban J connectivity index is 0.855. The molecule has 0 bridgehead atoms. The van der Waals surface area contributed by atoms with Crippen molar-refractivity contribution in [2.24, 2.45) is 12.5 Å². The molecule has 1 unspecified atom stereocenters. The summed E-state index contributed by atoms with van der Waals surface area (Å²) in [5, 5.41) is 10.0. The third-order valence-electron chi connectivity index (χ3n) is 12.3. The number of halogens is 2. The van der Waals surface area contributed by atoms with Crippen LogP contribution in [0.5, 0.6) is 5.75 Å². The molecular formula is C44H47ClFN10O5P. The van der Waals surface area contributed by atoms with Gasteiger partial charge in [0.25, 0.3) is 0 Å². The summed E-state index contributed by atoms with van der Waals surface area (Å²) in [5.41, 5.74) is 6.59. The lowest BCUT2D eigenvalue weighted by Gasteiger charge is -2.61. The van der Waals surface area contributed by atoms with E-state index in [9.17, 15) is 23.3 Å². The summed E-state index contributed by atoms with van der Waals surface area (Å²) < 4.78 is 37.3. The predicted octanol–water partition coefficient (Wildman–Crippen LogP) is 6.17. The van der Waals surface area contributed by atoms with Gasteiger partial charge >= 0.3 is 5.69 Å². The smallest absolute Gasteiger partial charge is 0.329 e. The van der Waals surface area contributed by atoms with Gasteiger partial charge in [-0.1, -0.05) is 23.7 Å². The van der Waals surface area contributed by atoms with Crippen LogP contribution >= 0.6 is 18.7 Å². The molecule has 62 heavy (non-hydrogen) atoms. The highest BCUT2D eigenvalue weighted by molar-refractivity contribution is 7.71. The van der Waals surface area contributed by atoms with Crippen molar-refractivity contribution in [3.05, 3.63) is 92.9 Å². The summed E-state index contributed by atoms with van der Waals surface area (Å²) >= 11 is 6.58. The molecule has 3 N–H and O–H groups in total. The zero-order valence-electron chi connectivity index (χ0n) is 35.3. The Hall–Kier alpha value is -5.83. The highest BCUT2D eigenvalue weighted by Crippen LogP contribution is 2.46. The van der Waals surface area contributed by atoms with E-state index in [1.165, 1.54) is 16.8 Å². The molecule has 3 saturated heterocycles. The third kappa shape index (κ3) is 7.37. The number of carbonyl (C=O) groups excluding carboxylic acids is 2. The Morgan fingerprint density at radius 1 is 1.02 bits per heavy atom. The van der Waals surface area contributed by atoms with Crippen molar-refractivity contribution in [3.8, 4) is 5.75 Å². The molecule has 3 aliphatic rings. The third-order valence-corrected chi connectivity index (χ3v) is 14.2. The average Bonchev–Trinajstić information content (AvgIpc) is 3.44. The molecule has 0 radical (unpaired) electrons. The summed E-state index contributed by atoms with van der Waals surface area (Å²) in [6.07, 6.45) is 2.73. The van der Waals surface area contributed by atoms with Crippen LogP contribution in [-0.4, -0.2) is 94.0 Å². The molecule has 322 valence electrons. The van der Waals surface area contributed by atoms with E-state index >= 15 is 0 Å². The lowest BCUT2D eigenvalue weighted by Crippen LogP contribution is -2.72. The van der Waals surface area contributed by atoms with Gasteiger partial charge in [0.05, 0.1) is 46.9 Å². The quantitative estimate of drug-likeness (QED) is 0.100. The predicted molar refractivity (Wildman–Crippen MR) is 240 cm³/mol. The van der Waals surface area contributed by atoms with Crippen LogP contribution in [0.3, 0.4) is 0 Å². The minimum absolute atomic E-state index is 0.197. The number of imide groups is 1. The number of rotatable bonds is 11. The van der Waals surface area contributed by atoms with Crippen molar-refractivity contribution in [2.45, 2.75) is 39.2 Å². The second-order valence-corrected chi connectivity index (χ2v) is 20.8. The fraction of sp³-hybridized carbons (Fsp3) is 0.364. The van der Waals surface area contributed by atoms with Crippen LogP contribution in [0.25, 0.3) is 21.9 Å². The van der Waals surface area contributed by atoms with Crippen molar-refractivity contribution < 1.29 is 23.3 Å². The Bertz CT molecular complexity index is 2950. The average molecular weight is 881 g/mol. The Kier molecular flexibility index (Phi) is 10.4. The molecule has 3 fully saturated rings. The minimum atomic E-state index is -2.94. The zero-order chi connectivity index (χ0) is 43.8. The van der Waals surface area contributed by atoms with E-state index in [0.717, 1.165) is 61.5 Å². The van der Waals surface area contributed by atoms with Gasteiger partial charge in [0.15, 0.2) is 5.82 Å². The molecule has 2 amide bonds. The number of piperidine rings is 1. The molecule has 1 atom stereocenters. The number of amides is 2.